The summed E-state index contributed by atoms with van der Waals surface area (Å²) in [7, 11) is -3.81. The number of nitrogens with two attached hydrogens (primary N) is 2. The molecule has 1 atom stereocenters. The first kappa shape index (κ1) is 17.2. The molecule has 2 aliphatic heterocycles. The van der Waals surface area contributed by atoms with Crippen molar-refractivity contribution in [2.24, 2.45) is 16.8 Å². The monoisotopic (exact) mass is 354 g/mol. The summed E-state index contributed by atoms with van der Waals surface area (Å²) in [6, 6.07) is 4.56. The van der Waals surface area contributed by atoms with Gasteiger partial charge in [-0.2, -0.15) is 8.42 Å². The molecule has 1 amide bonds. The first-order chi connectivity index (χ1) is 11.4. The van der Waals surface area contributed by atoms with E-state index in [0.717, 1.165) is 22.7 Å². The summed E-state index contributed by atoms with van der Waals surface area (Å²) in [5.74, 6) is -0.184. The minimum absolute atomic E-state index is 0.0918. The van der Waals surface area contributed by atoms with Gasteiger partial charge in [0.05, 0.1) is 11.7 Å². The maximum absolute atomic E-state index is 12.4. The predicted molar refractivity (Wildman–Crippen MR) is 90.7 cm³/mol. The molecule has 3 rings (SSSR count). The van der Waals surface area contributed by atoms with Crippen molar-refractivity contribution in [3.63, 3.8) is 0 Å². The molecule has 1 unspecified atom stereocenters. The Morgan fingerprint density at radius 1 is 1.33 bits per heavy atom. The number of amides is 1. The van der Waals surface area contributed by atoms with Crippen LogP contribution < -0.4 is 20.5 Å². The molecule has 0 aliphatic carbocycles. The Bertz CT molecular complexity index is 731. The molecule has 2 aliphatic rings. The van der Waals surface area contributed by atoms with Crippen molar-refractivity contribution in [1.29, 1.82) is 0 Å². The van der Waals surface area contributed by atoms with Gasteiger partial charge in [-0.1, -0.05) is 6.07 Å². The SMILES string of the molecule is NC(C(=O)Nc1ccc2c(c1)N(S(N)(=O)=O)CC2)C1CCOCC1. The fourth-order valence-electron chi connectivity index (χ4n) is 3.21. The van der Waals surface area contributed by atoms with Gasteiger partial charge in [-0.25, -0.2) is 5.14 Å². The van der Waals surface area contributed by atoms with Crippen molar-refractivity contribution in [3.8, 4) is 0 Å². The second-order valence-electron chi connectivity index (χ2n) is 6.18. The van der Waals surface area contributed by atoms with Crippen molar-refractivity contribution in [2.75, 3.05) is 29.4 Å². The Hall–Kier alpha value is -1.68. The lowest BCUT2D eigenvalue weighted by atomic mass is 9.92. The van der Waals surface area contributed by atoms with Crippen LogP contribution in [0.2, 0.25) is 0 Å². The zero-order valence-corrected chi connectivity index (χ0v) is 14.1. The molecule has 0 bridgehead atoms. The van der Waals surface area contributed by atoms with E-state index >= 15 is 0 Å². The zero-order valence-electron chi connectivity index (χ0n) is 13.3. The number of hydrogen-bond acceptors (Lipinski definition) is 5. The minimum atomic E-state index is -3.81. The van der Waals surface area contributed by atoms with Gasteiger partial charge in [0.2, 0.25) is 5.91 Å². The number of fused-ring (bicyclic) bond motifs is 1. The van der Waals surface area contributed by atoms with Gasteiger partial charge in [0, 0.05) is 25.4 Å². The van der Waals surface area contributed by atoms with Gasteiger partial charge >= 0.3 is 0 Å². The first-order valence-electron chi connectivity index (χ1n) is 7.94. The summed E-state index contributed by atoms with van der Waals surface area (Å²) in [6.45, 7) is 1.55. The molecule has 5 N–H and O–H groups in total. The quantitative estimate of drug-likeness (QED) is 0.698. The number of rotatable bonds is 4. The summed E-state index contributed by atoms with van der Waals surface area (Å²) in [4.78, 5) is 12.4. The largest absolute Gasteiger partial charge is 0.381 e. The summed E-state index contributed by atoms with van der Waals surface area (Å²) in [5.41, 5.74) is 7.96. The Kier molecular flexibility index (Phi) is 4.77. The number of carbonyl (C=O) groups is 1. The van der Waals surface area contributed by atoms with Crippen LogP contribution in [0.5, 0.6) is 0 Å². The average Bonchev–Trinajstić information content (AvgIpc) is 2.98. The van der Waals surface area contributed by atoms with Crippen molar-refractivity contribution in [1.82, 2.24) is 0 Å². The molecule has 2 heterocycles. The van der Waals surface area contributed by atoms with Crippen molar-refractivity contribution in [3.05, 3.63) is 23.8 Å². The van der Waals surface area contributed by atoms with Gasteiger partial charge in [0.15, 0.2) is 0 Å². The first-order valence-corrected chi connectivity index (χ1v) is 9.44. The molecule has 1 fully saturated rings. The molecule has 0 aromatic heterocycles. The van der Waals surface area contributed by atoms with Crippen molar-refractivity contribution >= 4 is 27.5 Å². The standard InChI is InChI=1S/C15H22N4O4S/c16-14(11-4-7-23-8-5-11)15(20)18-12-2-1-10-3-6-19(13(10)9-12)24(17,21)22/h1-2,9,11,14H,3-8,16H2,(H,18,20)(H2,17,21,22). The highest BCUT2D eigenvalue weighted by molar-refractivity contribution is 7.90. The number of ether oxygens (including phenoxy) is 1. The van der Waals surface area contributed by atoms with E-state index in [-0.39, 0.29) is 11.8 Å². The van der Waals surface area contributed by atoms with Gasteiger partial charge in [0.25, 0.3) is 10.2 Å². The maximum Gasteiger partial charge on any atom is 0.299 e. The lowest BCUT2D eigenvalue weighted by Gasteiger charge is -2.26. The molecule has 1 aromatic rings. The summed E-state index contributed by atoms with van der Waals surface area (Å²) < 4.78 is 29.7. The van der Waals surface area contributed by atoms with Crippen LogP contribution in [0.1, 0.15) is 18.4 Å². The van der Waals surface area contributed by atoms with Gasteiger partial charge < -0.3 is 15.8 Å². The maximum atomic E-state index is 12.4. The van der Waals surface area contributed by atoms with E-state index < -0.39 is 16.3 Å². The second kappa shape index (κ2) is 6.67. The smallest absolute Gasteiger partial charge is 0.299 e. The molecule has 9 heteroatoms. The lowest BCUT2D eigenvalue weighted by molar-refractivity contribution is -0.119. The van der Waals surface area contributed by atoms with Gasteiger partial charge in [-0.05, 0) is 42.9 Å². The third kappa shape index (κ3) is 3.54. The highest BCUT2D eigenvalue weighted by Gasteiger charge is 2.29. The van der Waals surface area contributed by atoms with E-state index in [0.29, 0.717) is 37.6 Å². The van der Waals surface area contributed by atoms with Gasteiger partial charge in [-0.15, -0.1) is 0 Å². The molecule has 132 valence electrons. The van der Waals surface area contributed by atoms with E-state index in [1.807, 2.05) is 0 Å². The number of hydrogen-bond donors (Lipinski definition) is 3. The summed E-state index contributed by atoms with van der Waals surface area (Å²) in [5, 5.41) is 8.01. The molecule has 1 aromatic carbocycles. The van der Waals surface area contributed by atoms with Crippen LogP contribution in [0.15, 0.2) is 18.2 Å². The molecule has 0 saturated carbocycles. The molecule has 8 nitrogen and oxygen atoms in total. The van der Waals surface area contributed by atoms with Crippen LogP contribution in [-0.4, -0.2) is 40.1 Å². The molecule has 1 saturated heterocycles. The molecule has 0 spiro atoms. The average molecular weight is 354 g/mol. The van der Waals surface area contributed by atoms with E-state index in [2.05, 4.69) is 5.32 Å². The van der Waals surface area contributed by atoms with E-state index in [4.69, 9.17) is 15.6 Å². The van der Waals surface area contributed by atoms with Gasteiger partial charge in [0.1, 0.15) is 0 Å². The highest BCUT2D eigenvalue weighted by Crippen LogP contribution is 2.32. The third-order valence-corrected chi connectivity index (χ3v) is 5.58. The zero-order chi connectivity index (χ0) is 17.3. The minimum Gasteiger partial charge on any atom is -0.381 e. The van der Waals surface area contributed by atoms with Crippen LogP contribution in [0.4, 0.5) is 11.4 Å². The van der Waals surface area contributed by atoms with E-state index in [1.54, 1.807) is 18.2 Å². The van der Waals surface area contributed by atoms with Crippen molar-refractivity contribution in [2.45, 2.75) is 25.3 Å². The molecule has 0 radical (unpaired) electrons. The number of carbonyl (C=O) groups excluding carboxylic acids is 1. The molecule has 24 heavy (non-hydrogen) atoms. The third-order valence-electron chi connectivity index (χ3n) is 4.59. The Morgan fingerprint density at radius 3 is 2.71 bits per heavy atom. The Morgan fingerprint density at radius 2 is 2.04 bits per heavy atom. The Labute approximate surface area is 141 Å². The highest BCUT2D eigenvalue weighted by atomic mass is 32.2. The fraction of sp³-hybridized carbons (Fsp3) is 0.533. The molecular formula is C15H22N4O4S. The predicted octanol–water partition coefficient (Wildman–Crippen LogP) is -0.0550. The second-order valence-corrected chi connectivity index (χ2v) is 7.65. The van der Waals surface area contributed by atoms with E-state index in [9.17, 15) is 13.2 Å². The van der Waals surface area contributed by atoms with Gasteiger partial charge in [-0.3, -0.25) is 9.10 Å². The number of nitrogens with one attached hydrogen (secondary N) is 1. The fourth-order valence-corrected chi connectivity index (χ4v) is 4.00. The van der Waals surface area contributed by atoms with Crippen LogP contribution in [0, 0.1) is 5.92 Å². The van der Waals surface area contributed by atoms with Crippen LogP contribution >= 0.6 is 0 Å². The number of nitrogens with zero attached hydrogens (tertiary/aromatic N) is 1. The topological polar surface area (TPSA) is 128 Å². The molecular weight excluding hydrogens is 332 g/mol. The van der Waals surface area contributed by atoms with Crippen LogP contribution in [0.25, 0.3) is 0 Å². The number of benzene rings is 1. The normalized spacial score (nSPS) is 19.8. The van der Waals surface area contributed by atoms with Crippen LogP contribution in [-0.2, 0) is 26.2 Å². The summed E-state index contributed by atoms with van der Waals surface area (Å²) in [6.07, 6.45) is 2.12. The van der Waals surface area contributed by atoms with Crippen molar-refractivity contribution < 1.29 is 17.9 Å². The summed E-state index contributed by atoms with van der Waals surface area (Å²) >= 11 is 0. The van der Waals surface area contributed by atoms with Crippen LogP contribution in [0.3, 0.4) is 0 Å². The Balaban J connectivity index is 1.73. The number of anilines is 2. The van der Waals surface area contributed by atoms with E-state index in [1.165, 1.54) is 0 Å². The lowest BCUT2D eigenvalue weighted by Crippen LogP contribution is -2.44.